The molecule has 1 aromatic carbocycles. The van der Waals surface area contributed by atoms with Gasteiger partial charge in [0, 0.05) is 5.92 Å². The molecule has 2 unspecified atom stereocenters. The Morgan fingerprint density at radius 1 is 1.32 bits per heavy atom. The van der Waals surface area contributed by atoms with E-state index in [2.05, 4.69) is 0 Å². The third kappa shape index (κ3) is 2.65. The minimum Gasteiger partial charge on any atom is -0.507 e. The fourth-order valence-electron chi connectivity index (χ4n) is 3.06. The summed E-state index contributed by atoms with van der Waals surface area (Å²) in [5.41, 5.74) is 0.972. The second-order valence-electron chi connectivity index (χ2n) is 6.51. The molecule has 1 aromatic rings. The molecule has 0 saturated heterocycles. The molecule has 3 atom stereocenters. The number of Topliss-reactive ketones (excluding diaryl/α,β-unsaturated/α-hetero) is 1. The summed E-state index contributed by atoms with van der Waals surface area (Å²) < 4.78 is 5.15. The molecule has 116 valence electrons. The quantitative estimate of drug-likeness (QED) is 0.670. The van der Waals surface area contributed by atoms with E-state index in [0.29, 0.717) is 6.42 Å². The molecule has 1 aliphatic carbocycles. The van der Waals surface area contributed by atoms with Crippen molar-refractivity contribution < 1.29 is 19.4 Å². The highest BCUT2D eigenvalue weighted by Gasteiger charge is 2.49. The first kappa shape index (κ1) is 14.8. The summed E-state index contributed by atoms with van der Waals surface area (Å²) in [7, 11) is 0. The van der Waals surface area contributed by atoms with Crippen molar-refractivity contribution in [1.82, 2.24) is 0 Å². The highest BCUT2D eigenvalue weighted by atomic mass is 16.6. The first-order valence-electron chi connectivity index (χ1n) is 7.72. The topological polar surface area (TPSA) is 63.6 Å². The van der Waals surface area contributed by atoms with Crippen molar-refractivity contribution >= 4 is 11.8 Å². The van der Waals surface area contributed by atoms with Gasteiger partial charge in [0.2, 0.25) is 0 Å². The second kappa shape index (κ2) is 5.59. The highest BCUT2D eigenvalue weighted by Crippen LogP contribution is 2.49. The van der Waals surface area contributed by atoms with Gasteiger partial charge in [0.1, 0.15) is 5.57 Å². The van der Waals surface area contributed by atoms with Crippen LogP contribution in [0.25, 0.3) is 0 Å². The molecular formula is C18H20O4. The second-order valence-corrected chi connectivity index (χ2v) is 6.51. The molecule has 22 heavy (non-hydrogen) atoms. The van der Waals surface area contributed by atoms with Gasteiger partial charge in [-0.2, -0.15) is 0 Å². The number of carbonyl (C=O) groups is 2. The molecule has 1 saturated carbocycles. The molecule has 0 aromatic heterocycles. The molecule has 4 nitrogen and oxygen atoms in total. The van der Waals surface area contributed by atoms with Gasteiger partial charge in [-0.3, -0.25) is 4.79 Å². The maximum absolute atomic E-state index is 12.5. The summed E-state index contributed by atoms with van der Waals surface area (Å²) in [4.78, 5) is 24.5. The zero-order valence-corrected chi connectivity index (χ0v) is 12.8. The van der Waals surface area contributed by atoms with E-state index in [4.69, 9.17) is 4.74 Å². The minimum absolute atomic E-state index is 0.130. The number of aliphatic hydroxyl groups excluding tert-OH is 1. The number of rotatable bonds is 5. The van der Waals surface area contributed by atoms with E-state index >= 15 is 0 Å². The zero-order valence-electron chi connectivity index (χ0n) is 12.8. The predicted molar refractivity (Wildman–Crippen MR) is 81.3 cm³/mol. The number of ether oxygens (including phenoxy) is 1. The third-order valence-corrected chi connectivity index (χ3v) is 4.30. The van der Waals surface area contributed by atoms with Crippen molar-refractivity contribution in [3.05, 3.63) is 47.2 Å². The third-order valence-electron chi connectivity index (χ3n) is 4.30. The van der Waals surface area contributed by atoms with Crippen LogP contribution in [-0.2, 0) is 14.3 Å². The fourth-order valence-corrected chi connectivity index (χ4v) is 3.06. The summed E-state index contributed by atoms with van der Waals surface area (Å²) >= 11 is 0. The van der Waals surface area contributed by atoms with Crippen LogP contribution in [0.4, 0.5) is 0 Å². The molecular weight excluding hydrogens is 280 g/mol. The molecule has 3 rings (SSSR count). The number of ketones is 1. The Balaban J connectivity index is 1.75. The lowest BCUT2D eigenvalue weighted by molar-refractivity contribution is -0.141. The molecule has 2 aliphatic rings. The minimum atomic E-state index is -0.674. The average molecular weight is 300 g/mol. The lowest BCUT2D eigenvalue weighted by atomic mass is 9.99. The fraction of sp³-hybridized carbons (Fsp3) is 0.444. The van der Waals surface area contributed by atoms with Gasteiger partial charge in [-0.05, 0) is 30.2 Å². The average Bonchev–Trinajstić information content (AvgIpc) is 3.22. The molecule has 1 N–H and O–H groups in total. The van der Waals surface area contributed by atoms with Gasteiger partial charge in [-0.1, -0.05) is 44.2 Å². The molecule has 0 bridgehead atoms. The van der Waals surface area contributed by atoms with Gasteiger partial charge < -0.3 is 9.84 Å². The summed E-state index contributed by atoms with van der Waals surface area (Å²) in [6.45, 7) is 3.96. The Kier molecular flexibility index (Phi) is 3.77. The number of carbonyl (C=O) groups excluding carboxylic acids is 2. The van der Waals surface area contributed by atoms with Crippen LogP contribution in [0.15, 0.2) is 41.7 Å². The van der Waals surface area contributed by atoms with Crippen molar-refractivity contribution in [1.29, 1.82) is 0 Å². The molecule has 4 heteroatoms. The van der Waals surface area contributed by atoms with Gasteiger partial charge in [0.25, 0.3) is 0 Å². The lowest BCUT2D eigenvalue weighted by Crippen LogP contribution is -2.14. The number of hydrogen-bond acceptors (Lipinski definition) is 4. The normalized spacial score (nSPS) is 27.2. The smallest absolute Gasteiger partial charge is 0.346 e. The van der Waals surface area contributed by atoms with Crippen LogP contribution in [0.5, 0.6) is 0 Å². The van der Waals surface area contributed by atoms with Crippen LogP contribution in [-0.4, -0.2) is 23.0 Å². The Morgan fingerprint density at radius 2 is 2.00 bits per heavy atom. The molecule has 1 heterocycles. The van der Waals surface area contributed by atoms with Crippen molar-refractivity contribution in [2.75, 3.05) is 0 Å². The summed E-state index contributed by atoms with van der Waals surface area (Å²) in [5.74, 6) is -0.930. The first-order chi connectivity index (χ1) is 10.5. The molecule has 0 spiro atoms. The largest absolute Gasteiger partial charge is 0.507 e. The molecule has 0 radical (unpaired) electrons. The number of esters is 1. The van der Waals surface area contributed by atoms with E-state index in [0.717, 1.165) is 12.0 Å². The highest BCUT2D eigenvalue weighted by molar-refractivity contribution is 6.20. The van der Waals surface area contributed by atoms with E-state index in [-0.39, 0.29) is 34.9 Å². The number of hydrogen-bond donors (Lipinski definition) is 1. The van der Waals surface area contributed by atoms with Crippen LogP contribution >= 0.6 is 0 Å². The van der Waals surface area contributed by atoms with E-state index in [1.54, 1.807) is 0 Å². The molecule has 0 amide bonds. The van der Waals surface area contributed by atoms with Crippen molar-refractivity contribution in [2.24, 2.45) is 11.8 Å². The van der Waals surface area contributed by atoms with Crippen molar-refractivity contribution in [3.8, 4) is 0 Å². The van der Waals surface area contributed by atoms with Crippen molar-refractivity contribution in [3.63, 3.8) is 0 Å². The van der Waals surface area contributed by atoms with E-state index in [9.17, 15) is 14.7 Å². The van der Waals surface area contributed by atoms with Crippen LogP contribution in [0.2, 0.25) is 0 Å². The Morgan fingerprint density at radius 3 is 2.64 bits per heavy atom. The monoisotopic (exact) mass is 300 g/mol. The summed E-state index contributed by atoms with van der Waals surface area (Å²) in [6.07, 6.45) is 0.587. The molecule has 1 aliphatic heterocycles. The zero-order chi connectivity index (χ0) is 15.9. The van der Waals surface area contributed by atoms with E-state index in [1.165, 1.54) is 0 Å². The van der Waals surface area contributed by atoms with Gasteiger partial charge in [-0.25, -0.2) is 4.79 Å². The Hall–Kier alpha value is -2.10. The molecule has 1 fully saturated rings. The van der Waals surface area contributed by atoms with Gasteiger partial charge >= 0.3 is 5.97 Å². The van der Waals surface area contributed by atoms with Gasteiger partial charge in [0.05, 0.1) is 0 Å². The lowest BCUT2D eigenvalue weighted by Gasteiger charge is -2.11. The van der Waals surface area contributed by atoms with Gasteiger partial charge in [0.15, 0.2) is 17.6 Å². The predicted octanol–water partition coefficient (Wildman–Crippen LogP) is 3.14. The number of aliphatic hydroxyl groups is 1. The van der Waals surface area contributed by atoms with Crippen LogP contribution < -0.4 is 0 Å². The van der Waals surface area contributed by atoms with E-state index in [1.807, 2.05) is 44.2 Å². The number of benzene rings is 1. The van der Waals surface area contributed by atoms with Crippen LogP contribution in [0.1, 0.15) is 38.2 Å². The maximum Gasteiger partial charge on any atom is 0.346 e. The first-order valence-corrected chi connectivity index (χ1v) is 7.72. The Labute approximate surface area is 129 Å². The summed E-state index contributed by atoms with van der Waals surface area (Å²) in [5, 5.41) is 10.2. The standard InChI is InChI=1S/C18H20O4/c1-10(2)8-14-17(20)15(18(21)22-14)16(19)13-9-12(13)11-6-4-3-5-7-11/h3-7,10,12-14,20H,8-9H2,1-2H3/t12?,13-,14?/m1/s1. The Bertz CT molecular complexity index is 630. The van der Waals surface area contributed by atoms with Crippen LogP contribution in [0.3, 0.4) is 0 Å². The number of cyclic esters (lactones) is 1. The van der Waals surface area contributed by atoms with Crippen molar-refractivity contribution in [2.45, 2.75) is 38.7 Å². The van der Waals surface area contributed by atoms with E-state index < -0.39 is 12.1 Å². The summed E-state index contributed by atoms with van der Waals surface area (Å²) in [6, 6.07) is 9.78. The van der Waals surface area contributed by atoms with Crippen LogP contribution in [0, 0.1) is 11.8 Å². The maximum atomic E-state index is 12.5. The van der Waals surface area contributed by atoms with Gasteiger partial charge in [-0.15, -0.1) is 0 Å². The SMILES string of the molecule is CC(C)CC1OC(=O)C(C(=O)[C@@H]2CC2c2ccccc2)=C1O.